The first-order valence-electron chi connectivity index (χ1n) is 7.26. The van der Waals surface area contributed by atoms with Crippen molar-refractivity contribution in [1.29, 1.82) is 0 Å². The summed E-state index contributed by atoms with van der Waals surface area (Å²) >= 11 is 0. The van der Waals surface area contributed by atoms with Crippen LogP contribution in [0.4, 0.5) is 0 Å². The highest BCUT2D eigenvalue weighted by Crippen LogP contribution is 2.11. The number of aryl methyl sites for hydroxylation is 1. The molecule has 0 aliphatic carbocycles. The SMILES string of the molecule is Cc1ncccc1CN(CC(N)=O)C[C@@H]1CN(C)CCO1. The summed E-state index contributed by atoms with van der Waals surface area (Å²) in [5.41, 5.74) is 7.46. The molecule has 0 saturated carbocycles. The molecule has 21 heavy (non-hydrogen) atoms. The van der Waals surface area contributed by atoms with Crippen molar-refractivity contribution in [2.24, 2.45) is 5.73 Å². The van der Waals surface area contributed by atoms with Crippen LogP contribution in [0.2, 0.25) is 0 Å². The third-order valence-electron chi connectivity index (χ3n) is 3.69. The van der Waals surface area contributed by atoms with E-state index in [1.54, 1.807) is 6.20 Å². The lowest BCUT2D eigenvalue weighted by Crippen LogP contribution is -2.47. The van der Waals surface area contributed by atoms with Gasteiger partial charge >= 0.3 is 0 Å². The molecule has 0 bridgehead atoms. The third kappa shape index (κ3) is 5.08. The van der Waals surface area contributed by atoms with Crippen LogP contribution in [0.1, 0.15) is 11.3 Å². The Hall–Kier alpha value is -1.50. The highest BCUT2D eigenvalue weighted by Gasteiger charge is 2.22. The van der Waals surface area contributed by atoms with Crippen LogP contribution in [0.5, 0.6) is 0 Å². The third-order valence-corrected chi connectivity index (χ3v) is 3.69. The summed E-state index contributed by atoms with van der Waals surface area (Å²) in [5.74, 6) is -0.319. The molecule has 1 amide bonds. The van der Waals surface area contributed by atoms with Gasteiger partial charge in [-0.3, -0.25) is 14.7 Å². The molecule has 6 heteroatoms. The number of ether oxygens (including phenoxy) is 1. The number of carbonyl (C=O) groups excluding carboxylic acids is 1. The maximum Gasteiger partial charge on any atom is 0.231 e. The fourth-order valence-corrected chi connectivity index (χ4v) is 2.60. The Morgan fingerprint density at radius 1 is 1.62 bits per heavy atom. The van der Waals surface area contributed by atoms with E-state index in [0.717, 1.165) is 31.0 Å². The molecule has 1 aromatic rings. The average Bonchev–Trinajstić information content (AvgIpc) is 2.40. The molecule has 1 saturated heterocycles. The lowest BCUT2D eigenvalue weighted by atomic mass is 10.1. The number of nitrogens with zero attached hydrogens (tertiary/aromatic N) is 3. The predicted molar refractivity (Wildman–Crippen MR) is 80.7 cm³/mol. The number of likely N-dealkylation sites (N-methyl/N-ethyl adjacent to an activating group) is 1. The molecule has 1 fully saturated rings. The van der Waals surface area contributed by atoms with E-state index in [4.69, 9.17) is 10.5 Å². The standard InChI is InChI=1S/C15H24N4O2/c1-12-13(4-3-5-17-12)8-19(11-15(16)20)10-14-9-18(2)6-7-21-14/h3-5,14H,6-11H2,1-2H3,(H2,16,20)/t14-/m0/s1. The Bertz CT molecular complexity index is 480. The Labute approximate surface area is 125 Å². The van der Waals surface area contributed by atoms with E-state index in [9.17, 15) is 4.79 Å². The highest BCUT2D eigenvalue weighted by molar-refractivity contribution is 5.75. The first kappa shape index (κ1) is 15.9. The monoisotopic (exact) mass is 292 g/mol. The van der Waals surface area contributed by atoms with Gasteiger partial charge in [-0.25, -0.2) is 0 Å². The van der Waals surface area contributed by atoms with Crippen LogP contribution in [0, 0.1) is 6.92 Å². The van der Waals surface area contributed by atoms with Crippen LogP contribution >= 0.6 is 0 Å². The summed E-state index contributed by atoms with van der Waals surface area (Å²) in [6.07, 6.45) is 1.89. The van der Waals surface area contributed by atoms with Crippen molar-refractivity contribution in [1.82, 2.24) is 14.8 Å². The molecule has 116 valence electrons. The number of morpholine rings is 1. The lowest BCUT2D eigenvalue weighted by molar-refractivity contribution is -0.120. The second-order valence-electron chi connectivity index (χ2n) is 5.64. The maximum atomic E-state index is 11.3. The largest absolute Gasteiger partial charge is 0.374 e. The number of hydrogen-bond acceptors (Lipinski definition) is 5. The molecule has 2 heterocycles. The fraction of sp³-hybridized carbons (Fsp3) is 0.600. The number of nitrogens with two attached hydrogens (primary N) is 1. The number of hydrogen-bond donors (Lipinski definition) is 1. The van der Waals surface area contributed by atoms with Gasteiger partial charge in [0.25, 0.3) is 0 Å². The minimum atomic E-state index is -0.319. The first-order valence-corrected chi connectivity index (χ1v) is 7.26. The van der Waals surface area contributed by atoms with Gasteiger partial charge in [-0.2, -0.15) is 0 Å². The van der Waals surface area contributed by atoms with Gasteiger partial charge in [0.05, 0.1) is 19.3 Å². The zero-order valence-corrected chi connectivity index (χ0v) is 12.8. The number of pyridine rings is 1. The molecule has 1 aromatic heterocycles. The van der Waals surface area contributed by atoms with Gasteiger partial charge < -0.3 is 15.4 Å². The summed E-state index contributed by atoms with van der Waals surface area (Å²) in [4.78, 5) is 19.9. The van der Waals surface area contributed by atoms with Crippen molar-refractivity contribution in [3.63, 3.8) is 0 Å². The van der Waals surface area contributed by atoms with E-state index in [-0.39, 0.29) is 18.6 Å². The minimum absolute atomic E-state index is 0.111. The molecule has 2 N–H and O–H groups in total. The summed E-state index contributed by atoms with van der Waals surface area (Å²) in [6, 6.07) is 3.94. The Morgan fingerprint density at radius 2 is 2.43 bits per heavy atom. The van der Waals surface area contributed by atoms with E-state index in [0.29, 0.717) is 13.1 Å². The predicted octanol–water partition coefficient (Wildman–Crippen LogP) is 0.00792. The van der Waals surface area contributed by atoms with Gasteiger partial charge in [0.1, 0.15) is 0 Å². The van der Waals surface area contributed by atoms with Crippen LogP contribution in [-0.4, -0.2) is 66.6 Å². The van der Waals surface area contributed by atoms with E-state index >= 15 is 0 Å². The topological polar surface area (TPSA) is 71.7 Å². The molecular formula is C15H24N4O2. The molecule has 1 atom stereocenters. The second kappa shape index (κ2) is 7.49. The normalized spacial score (nSPS) is 19.9. The number of primary amides is 1. The van der Waals surface area contributed by atoms with E-state index in [1.807, 2.05) is 24.0 Å². The number of carbonyl (C=O) groups is 1. The average molecular weight is 292 g/mol. The van der Waals surface area contributed by atoms with Crippen molar-refractivity contribution < 1.29 is 9.53 Å². The van der Waals surface area contributed by atoms with E-state index in [1.165, 1.54) is 0 Å². The molecular weight excluding hydrogens is 268 g/mol. The molecule has 0 unspecified atom stereocenters. The van der Waals surface area contributed by atoms with Crippen molar-refractivity contribution in [3.8, 4) is 0 Å². The van der Waals surface area contributed by atoms with Crippen molar-refractivity contribution in [3.05, 3.63) is 29.6 Å². The van der Waals surface area contributed by atoms with Crippen LogP contribution in [0.15, 0.2) is 18.3 Å². The lowest BCUT2D eigenvalue weighted by Gasteiger charge is -2.33. The molecule has 1 aliphatic heterocycles. The Balaban J connectivity index is 2.00. The van der Waals surface area contributed by atoms with Gasteiger partial charge in [0, 0.05) is 38.1 Å². The summed E-state index contributed by atoms with van der Waals surface area (Å²) in [5, 5.41) is 0. The zero-order chi connectivity index (χ0) is 15.2. The minimum Gasteiger partial charge on any atom is -0.374 e. The van der Waals surface area contributed by atoms with Gasteiger partial charge in [0.2, 0.25) is 5.91 Å². The molecule has 6 nitrogen and oxygen atoms in total. The van der Waals surface area contributed by atoms with Crippen LogP contribution in [0.3, 0.4) is 0 Å². The smallest absolute Gasteiger partial charge is 0.231 e. The summed E-state index contributed by atoms with van der Waals surface area (Å²) in [6.45, 7) is 6.13. The van der Waals surface area contributed by atoms with Crippen LogP contribution < -0.4 is 5.73 Å². The summed E-state index contributed by atoms with van der Waals surface area (Å²) < 4.78 is 5.78. The van der Waals surface area contributed by atoms with Gasteiger partial charge in [0.15, 0.2) is 0 Å². The molecule has 2 rings (SSSR count). The van der Waals surface area contributed by atoms with Crippen molar-refractivity contribution >= 4 is 5.91 Å². The van der Waals surface area contributed by atoms with E-state index < -0.39 is 0 Å². The number of rotatable bonds is 6. The molecule has 0 aromatic carbocycles. The second-order valence-corrected chi connectivity index (χ2v) is 5.64. The van der Waals surface area contributed by atoms with Gasteiger partial charge in [-0.05, 0) is 25.6 Å². The van der Waals surface area contributed by atoms with Crippen molar-refractivity contribution in [2.75, 3.05) is 39.8 Å². The van der Waals surface area contributed by atoms with Gasteiger partial charge in [-0.15, -0.1) is 0 Å². The van der Waals surface area contributed by atoms with Gasteiger partial charge in [-0.1, -0.05) is 6.07 Å². The highest BCUT2D eigenvalue weighted by atomic mass is 16.5. The van der Waals surface area contributed by atoms with Crippen LogP contribution in [-0.2, 0) is 16.1 Å². The Kier molecular flexibility index (Phi) is 5.67. The quantitative estimate of drug-likeness (QED) is 0.799. The van der Waals surface area contributed by atoms with Crippen LogP contribution in [0.25, 0.3) is 0 Å². The summed E-state index contributed by atoms with van der Waals surface area (Å²) in [7, 11) is 2.08. The fourth-order valence-electron chi connectivity index (χ4n) is 2.60. The van der Waals surface area contributed by atoms with Crippen molar-refractivity contribution in [2.45, 2.75) is 19.6 Å². The molecule has 0 spiro atoms. The van der Waals surface area contributed by atoms with E-state index in [2.05, 4.69) is 16.9 Å². The zero-order valence-electron chi connectivity index (χ0n) is 12.8. The molecule has 1 aliphatic rings. The number of aromatic nitrogens is 1. The Morgan fingerprint density at radius 3 is 3.10 bits per heavy atom. The number of amides is 1. The molecule has 0 radical (unpaired) electrons. The first-order chi connectivity index (χ1) is 10.0. The maximum absolute atomic E-state index is 11.3.